The van der Waals surface area contributed by atoms with E-state index >= 15 is 0 Å². The Balaban J connectivity index is 2.52. The highest BCUT2D eigenvalue weighted by atomic mass is 16.5. The molecule has 1 amide bonds. The lowest BCUT2D eigenvalue weighted by molar-refractivity contribution is -0.139. The van der Waals surface area contributed by atoms with Crippen molar-refractivity contribution in [3.05, 3.63) is 0 Å². The second-order valence-corrected chi connectivity index (χ2v) is 5.00. The predicted molar refractivity (Wildman–Crippen MR) is 73.2 cm³/mol. The molecule has 4 nitrogen and oxygen atoms in total. The first kappa shape index (κ1) is 15.4. The minimum Gasteiger partial charge on any atom is -0.380 e. The Morgan fingerprint density at radius 3 is 2.67 bits per heavy atom. The van der Waals surface area contributed by atoms with Crippen LogP contribution in [0, 0.1) is 11.8 Å². The van der Waals surface area contributed by atoms with E-state index in [9.17, 15) is 4.79 Å². The molecule has 2 atom stereocenters. The van der Waals surface area contributed by atoms with Crippen molar-refractivity contribution in [2.45, 2.75) is 39.5 Å². The molecule has 0 radical (unpaired) electrons. The average molecular weight is 256 g/mol. The van der Waals surface area contributed by atoms with Gasteiger partial charge in [0.1, 0.15) is 0 Å². The Kier molecular flexibility index (Phi) is 7.28. The maximum atomic E-state index is 12.5. The van der Waals surface area contributed by atoms with Crippen LogP contribution in [0.2, 0.25) is 0 Å². The van der Waals surface area contributed by atoms with E-state index in [1.54, 1.807) is 0 Å². The number of amides is 1. The maximum absolute atomic E-state index is 12.5. The smallest absolute Gasteiger partial charge is 0.226 e. The van der Waals surface area contributed by atoms with Gasteiger partial charge in [0.25, 0.3) is 0 Å². The van der Waals surface area contributed by atoms with Crippen LogP contribution >= 0.6 is 0 Å². The Labute approximate surface area is 111 Å². The Morgan fingerprint density at radius 1 is 1.33 bits per heavy atom. The van der Waals surface area contributed by atoms with Crippen molar-refractivity contribution in [1.82, 2.24) is 4.90 Å². The molecule has 2 unspecified atom stereocenters. The van der Waals surface area contributed by atoms with E-state index < -0.39 is 0 Å². The largest absolute Gasteiger partial charge is 0.380 e. The van der Waals surface area contributed by atoms with E-state index in [4.69, 9.17) is 10.5 Å². The number of likely N-dealkylation sites (N-methyl/N-ethyl adjacent to an activating group) is 1. The molecule has 0 aromatic carbocycles. The van der Waals surface area contributed by atoms with E-state index in [0.717, 1.165) is 25.8 Å². The van der Waals surface area contributed by atoms with Crippen molar-refractivity contribution in [2.24, 2.45) is 17.6 Å². The van der Waals surface area contributed by atoms with Gasteiger partial charge >= 0.3 is 0 Å². The first-order valence-electron chi connectivity index (χ1n) is 7.31. The minimum absolute atomic E-state index is 0.144. The quantitative estimate of drug-likeness (QED) is 0.704. The van der Waals surface area contributed by atoms with Crippen molar-refractivity contribution in [3.8, 4) is 0 Å². The molecule has 2 N–H and O–H groups in total. The lowest BCUT2D eigenvalue weighted by Gasteiger charge is -2.33. The van der Waals surface area contributed by atoms with Crippen LogP contribution in [-0.4, -0.2) is 43.7 Å². The number of nitrogens with two attached hydrogens (primary N) is 1. The number of carbonyl (C=O) groups excluding carboxylic acids is 1. The molecule has 0 heterocycles. The summed E-state index contributed by atoms with van der Waals surface area (Å²) in [5.74, 6) is 0.810. The average Bonchev–Trinajstić information content (AvgIpc) is 2.43. The zero-order valence-electron chi connectivity index (χ0n) is 11.9. The summed E-state index contributed by atoms with van der Waals surface area (Å²) in [5, 5.41) is 0. The van der Waals surface area contributed by atoms with Gasteiger partial charge in [-0.25, -0.2) is 0 Å². The van der Waals surface area contributed by atoms with E-state index in [2.05, 4.69) is 0 Å². The van der Waals surface area contributed by atoms with Crippen LogP contribution in [0.5, 0.6) is 0 Å². The summed E-state index contributed by atoms with van der Waals surface area (Å²) in [6.45, 7) is 7.46. The predicted octanol–water partition coefficient (Wildman–Crippen LogP) is 1.64. The molecule has 18 heavy (non-hydrogen) atoms. The third-order valence-corrected chi connectivity index (χ3v) is 3.93. The summed E-state index contributed by atoms with van der Waals surface area (Å²) in [7, 11) is 0. The van der Waals surface area contributed by atoms with Gasteiger partial charge in [0, 0.05) is 25.6 Å². The van der Waals surface area contributed by atoms with E-state index in [0.29, 0.717) is 32.2 Å². The molecule has 0 aromatic rings. The van der Waals surface area contributed by atoms with Crippen molar-refractivity contribution in [3.63, 3.8) is 0 Å². The van der Waals surface area contributed by atoms with Gasteiger partial charge in [-0.1, -0.05) is 12.8 Å². The first-order chi connectivity index (χ1) is 8.74. The van der Waals surface area contributed by atoms with Gasteiger partial charge < -0.3 is 15.4 Å². The Morgan fingerprint density at radius 2 is 2.06 bits per heavy atom. The monoisotopic (exact) mass is 256 g/mol. The number of nitrogens with zero attached hydrogens (tertiary/aromatic N) is 1. The van der Waals surface area contributed by atoms with E-state index in [1.165, 1.54) is 6.42 Å². The van der Waals surface area contributed by atoms with Crippen LogP contribution in [0.25, 0.3) is 0 Å². The van der Waals surface area contributed by atoms with Crippen LogP contribution in [0.15, 0.2) is 0 Å². The minimum atomic E-state index is 0.144. The van der Waals surface area contributed by atoms with Crippen molar-refractivity contribution < 1.29 is 9.53 Å². The zero-order valence-corrected chi connectivity index (χ0v) is 11.9. The van der Waals surface area contributed by atoms with Gasteiger partial charge in [0.05, 0.1) is 6.61 Å². The fraction of sp³-hybridized carbons (Fsp3) is 0.929. The topological polar surface area (TPSA) is 55.6 Å². The molecule has 1 rings (SSSR count). The van der Waals surface area contributed by atoms with Gasteiger partial charge in [-0.05, 0) is 39.2 Å². The molecule has 1 fully saturated rings. The third-order valence-electron chi connectivity index (χ3n) is 3.93. The summed E-state index contributed by atoms with van der Waals surface area (Å²) in [5.41, 5.74) is 5.80. The summed E-state index contributed by atoms with van der Waals surface area (Å²) in [4.78, 5) is 14.4. The number of ether oxygens (including phenoxy) is 1. The molecule has 4 heteroatoms. The highest BCUT2D eigenvalue weighted by molar-refractivity contribution is 5.79. The van der Waals surface area contributed by atoms with Crippen LogP contribution < -0.4 is 5.73 Å². The van der Waals surface area contributed by atoms with Crippen molar-refractivity contribution in [2.75, 3.05) is 32.8 Å². The molecule has 1 aliphatic rings. The number of hydrogen-bond acceptors (Lipinski definition) is 3. The molecule has 1 saturated carbocycles. The van der Waals surface area contributed by atoms with Crippen LogP contribution in [0.1, 0.15) is 39.5 Å². The van der Waals surface area contributed by atoms with Gasteiger partial charge in [-0.2, -0.15) is 0 Å². The first-order valence-corrected chi connectivity index (χ1v) is 7.31. The van der Waals surface area contributed by atoms with Gasteiger partial charge in [-0.3, -0.25) is 4.79 Å². The number of hydrogen-bond donors (Lipinski definition) is 1. The second kappa shape index (κ2) is 8.48. The number of carbonyl (C=O) groups is 1. The highest BCUT2D eigenvalue weighted by Gasteiger charge is 2.32. The van der Waals surface area contributed by atoms with Gasteiger partial charge in [0.2, 0.25) is 5.91 Å². The molecule has 0 aliphatic heterocycles. The standard InChI is InChI=1S/C14H28N2O2/c1-3-16(9-10-18-4-2)14(17)13-8-6-5-7-12(13)11-15/h12-13H,3-11,15H2,1-2H3. The molecule has 0 saturated heterocycles. The van der Waals surface area contributed by atoms with Gasteiger partial charge in [-0.15, -0.1) is 0 Å². The molecular weight excluding hydrogens is 228 g/mol. The summed E-state index contributed by atoms with van der Waals surface area (Å²) >= 11 is 0. The van der Waals surface area contributed by atoms with E-state index in [-0.39, 0.29) is 11.8 Å². The highest BCUT2D eigenvalue weighted by Crippen LogP contribution is 2.30. The molecule has 106 valence electrons. The zero-order chi connectivity index (χ0) is 13.4. The number of rotatable bonds is 7. The molecule has 1 aliphatic carbocycles. The molecule has 0 aromatic heterocycles. The lowest BCUT2D eigenvalue weighted by Crippen LogP contribution is -2.43. The normalized spacial score (nSPS) is 23.9. The molecule has 0 bridgehead atoms. The maximum Gasteiger partial charge on any atom is 0.226 e. The van der Waals surface area contributed by atoms with E-state index in [1.807, 2.05) is 18.7 Å². The van der Waals surface area contributed by atoms with Crippen LogP contribution in [0.4, 0.5) is 0 Å². The fourth-order valence-corrected chi connectivity index (χ4v) is 2.79. The Bertz CT molecular complexity index is 246. The summed E-state index contributed by atoms with van der Waals surface area (Å²) < 4.78 is 5.34. The van der Waals surface area contributed by atoms with Crippen molar-refractivity contribution >= 4 is 5.91 Å². The molecule has 0 spiro atoms. The van der Waals surface area contributed by atoms with Gasteiger partial charge in [0.15, 0.2) is 0 Å². The van der Waals surface area contributed by atoms with Crippen LogP contribution in [-0.2, 0) is 9.53 Å². The summed E-state index contributed by atoms with van der Waals surface area (Å²) in [6, 6.07) is 0. The third kappa shape index (κ3) is 4.25. The lowest BCUT2D eigenvalue weighted by atomic mass is 9.78. The van der Waals surface area contributed by atoms with Crippen LogP contribution in [0.3, 0.4) is 0 Å². The molecular formula is C14H28N2O2. The van der Waals surface area contributed by atoms with Crippen molar-refractivity contribution in [1.29, 1.82) is 0 Å². The SMILES string of the molecule is CCOCCN(CC)C(=O)C1CCCCC1CN. The summed E-state index contributed by atoms with van der Waals surface area (Å²) in [6.07, 6.45) is 4.49. The Hall–Kier alpha value is -0.610. The second-order valence-electron chi connectivity index (χ2n) is 5.00. The fourth-order valence-electron chi connectivity index (χ4n) is 2.79.